The van der Waals surface area contributed by atoms with Gasteiger partial charge in [0.25, 0.3) is 0 Å². The highest BCUT2D eigenvalue weighted by Gasteiger charge is 2.21. The summed E-state index contributed by atoms with van der Waals surface area (Å²) in [5, 5.41) is 14.3. The van der Waals surface area contributed by atoms with E-state index in [9.17, 15) is 9.90 Å². The van der Waals surface area contributed by atoms with Crippen molar-refractivity contribution in [3.63, 3.8) is 0 Å². The number of nitrogens with one attached hydrogen (secondary N) is 1. The highest BCUT2D eigenvalue weighted by molar-refractivity contribution is 5.98. The van der Waals surface area contributed by atoms with Crippen molar-refractivity contribution in [2.45, 2.75) is 57.5 Å². The molecule has 25 heavy (non-hydrogen) atoms. The lowest BCUT2D eigenvalue weighted by molar-refractivity contribution is 0.0685. The van der Waals surface area contributed by atoms with Gasteiger partial charge >= 0.3 is 5.97 Å². The van der Waals surface area contributed by atoms with Crippen LogP contribution in [0.15, 0.2) is 18.2 Å². The first kappa shape index (κ1) is 17.8. The third-order valence-electron chi connectivity index (χ3n) is 5.39. The zero-order valence-corrected chi connectivity index (χ0v) is 15.2. The molecule has 136 valence electrons. The molecule has 1 saturated carbocycles. The maximum atomic E-state index is 11.8. The second-order valence-electron chi connectivity index (χ2n) is 7.00. The number of carboxylic acid groups (broad SMARTS) is 1. The Kier molecular flexibility index (Phi) is 5.63. The van der Waals surface area contributed by atoms with Gasteiger partial charge in [0.05, 0.1) is 12.6 Å². The van der Waals surface area contributed by atoms with Gasteiger partial charge in [0.2, 0.25) is 0 Å². The fourth-order valence-electron chi connectivity index (χ4n) is 3.98. The van der Waals surface area contributed by atoms with E-state index in [1.165, 1.54) is 44.9 Å². The molecule has 5 nitrogen and oxygen atoms in total. The van der Waals surface area contributed by atoms with E-state index in [1.54, 1.807) is 11.7 Å². The van der Waals surface area contributed by atoms with Crippen LogP contribution in [0.25, 0.3) is 10.9 Å². The number of methoxy groups -OCH3 is 1. The second-order valence-corrected chi connectivity index (χ2v) is 7.00. The van der Waals surface area contributed by atoms with Gasteiger partial charge in [-0.2, -0.15) is 0 Å². The second kappa shape index (κ2) is 7.91. The Morgan fingerprint density at radius 1 is 1.24 bits per heavy atom. The Morgan fingerprint density at radius 2 is 1.92 bits per heavy atom. The summed E-state index contributed by atoms with van der Waals surface area (Å²) in [4.78, 5) is 11.8. The van der Waals surface area contributed by atoms with E-state index in [0.717, 1.165) is 22.2 Å². The highest BCUT2D eigenvalue weighted by Crippen LogP contribution is 2.29. The molecule has 3 rings (SSSR count). The van der Waals surface area contributed by atoms with Crippen LogP contribution in [0.4, 0.5) is 0 Å². The maximum Gasteiger partial charge on any atom is 0.352 e. The minimum atomic E-state index is -0.882. The maximum absolute atomic E-state index is 11.8. The zero-order valence-electron chi connectivity index (χ0n) is 15.2. The van der Waals surface area contributed by atoms with Gasteiger partial charge in [-0.3, -0.25) is 0 Å². The van der Waals surface area contributed by atoms with E-state index in [1.807, 2.05) is 25.2 Å². The molecule has 0 saturated heterocycles. The van der Waals surface area contributed by atoms with Crippen molar-refractivity contribution in [1.82, 2.24) is 9.88 Å². The molecular formula is C20H28N2O3. The van der Waals surface area contributed by atoms with Crippen molar-refractivity contribution >= 4 is 16.9 Å². The van der Waals surface area contributed by atoms with Crippen LogP contribution < -0.4 is 10.1 Å². The first-order valence-corrected chi connectivity index (χ1v) is 9.23. The van der Waals surface area contributed by atoms with Gasteiger partial charge in [0.15, 0.2) is 0 Å². The van der Waals surface area contributed by atoms with Crippen LogP contribution in [0.5, 0.6) is 5.75 Å². The number of aryl methyl sites for hydroxylation is 1. The number of benzene rings is 1. The summed E-state index contributed by atoms with van der Waals surface area (Å²) in [7, 11) is 3.43. The Hall–Kier alpha value is -2.01. The van der Waals surface area contributed by atoms with E-state index in [4.69, 9.17) is 4.74 Å². The number of aromatic nitrogens is 1. The molecule has 1 aromatic carbocycles. The normalized spacial score (nSPS) is 16.6. The molecule has 1 aliphatic carbocycles. The predicted octanol–water partition coefficient (Wildman–Crippen LogP) is 4.09. The van der Waals surface area contributed by atoms with E-state index < -0.39 is 5.97 Å². The average Bonchev–Trinajstić information content (AvgIpc) is 2.85. The lowest BCUT2D eigenvalue weighted by Crippen LogP contribution is -2.29. The largest absolute Gasteiger partial charge is 0.497 e. The summed E-state index contributed by atoms with van der Waals surface area (Å²) in [5.74, 6) is -0.142. The quantitative estimate of drug-likeness (QED) is 0.857. The summed E-state index contributed by atoms with van der Waals surface area (Å²) >= 11 is 0. The SMILES string of the molecule is COc1ccc2c(CNC3CCCCCCC3)c(C(=O)O)n(C)c2c1. The first-order chi connectivity index (χ1) is 12.1. The van der Waals surface area contributed by atoms with Gasteiger partial charge in [-0.05, 0) is 25.0 Å². The van der Waals surface area contributed by atoms with Gasteiger partial charge in [-0.25, -0.2) is 4.79 Å². The van der Waals surface area contributed by atoms with E-state index in [0.29, 0.717) is 18.3 Å². The fourth-order valence-corrected chi connectivity index (χ4v) is 3.98. The number of ether oxygens (including phenoxy) is 1. The number of fused-ring (bicyclic) bond motifs is 1. The molecule has 0 amide bonds. The number of rotatable bonds is 5. The van der Waals surface area contributed by atoms with E-state index in [2.05, 4.69) is 5.32 Å². The van der Waals surface area contributed by atoms with Crippen LogP contribution in [-0.4, -0.2) is 28.8 Å². The summed E-state index contributed by atoms with van der Waals surface area (Å²) < 4.78 is 7.05. The average molecular weight is 344 g/mol. The molecule has 5 heteroatoms. The van der Waals surface area contributed by atoms with Gasteiger partial charge in [-0.1, -0.05) is 32.1 Å². The van der Waals surface area contributed by atoms with Crippen molar-refractivity contribution in [3.8, 4) is 5.75 Å². The van der Waals surface area contributed by atoms with E-state index in [-0.39, 0.29) is 0 Å². The van der Waals surface area contributed by atoms with Crippen molar-refractivity contribution in [3.05, 3.63) is 29.5 Å². The van der Waals surface area contributed by atoms with Gasteiger partial charge in [0.1, 0.15) is 11.4 Å². The van der Waals surface area contributed by atoms with Crippen molar-refractivity contribution in [2.75, 3.05) is 7.11 Å². The molecule has 2 N–H and O–H groups in total. The Labute approximate surface area is 149 Å². The molecule has 0 spiro atoms. The van der Waals surface area contributed by atoms with Crippen LogP contribution in [-0.2, 0) is 13.6 Å². The van der Waals surface area contributed by atoms with Gasteiger partial charge < -0.3 is 19.7 Å². The molecule has 2 aromatic rings. The van der Waals surface area contributed by atoms with Crippen LogP contribution in [0.1, 0.15) is 61.0 Å². The number of aromatic carboxylic acids is 1. The zero-order chi connectivity index (χ0) is 17.8. The van der Waals surface area contributed by atoms with Crippen LogP contribution in [0.2, 0.25) is 0 Å². The van der Waals surface area contributed by atoms with Crippen LogP contribution >= 0.6 is 0 Å². The van der Waals surface area contributed by atoms with Crippen LogP contribution in [0, 0.1) is 0 Å². The number of hydrogen-bond acceptors (Lipinski definition) is 3. The van der Waals surface area contributed by atoms with Gasteiger partial charge in [-0.15, -0.1) is 0 Å². The molecule has 0 aliphatic heterocycles. The lowest BCUT2D eigenvalue weighted by atomic mass is 9.96. The molecule has 1 aromatic heterocycles. The number of hydrogen-bond donors (Lipinski definition) is 2. The number of carbonyl (C=O) groups is 1. The van der Waals surface area contributed by atoms with Crippen molar-refractivity contribution in [1.29, 1.82) is 0 Å². The van der Waals surface area contributed by atoms with Gasteiger partial charge in [0, 0.05) is 36.7 Å². The van der Waals surface area contributed by atoms with E-state index >= 15 is 0 Å². The smallest absolute Gasteiger partial charge is 0.352 e. The fraction of sp³-hybridized carbons (Fsp3) is 0.550. The summed E-state index contributed by atoms with van der Waals surface area (Å²) in [6.45, 7) is 0.593. The summed E-state index contributed by atoms with van der Waals surface area (Å²) in [5.41, 5.74) is 2.13. The molecule has 1 heterocycles. The molecule has 1 aliphatic rings. The van der Waals surface area contributed by atoms with Crippen molar-refractivity contribution in [2.24, 2.45) is 7.05 Å². The monoisotopic (exact) mass is 344 g/mol. The van der Waals surface area contributed by atoms with Crippen LogP contribution in [0.3, 0.4) is 0 Å². The molecular weight excluding hydrogens is 316 g/mol. The molecule has 0 bridgehead atoms. The minimum Gasteiger partial charge on any atom is -0.497 e. The molecule has 1 fully saturated rings. The molecule has 0 atom stereocenters. The summed E-state index contributed by atoms with van der Waals surface area (Å²) in [6.07, 6.45) is 8.86. The Bertz CT molecular complexity index is 743. The third kappa shape index (κ3) is 3.82. The summed E-state index contributed by atoms with van der Waals surface area (Å²) in [6, 6.07) is 6.25. The minimum absolute atomic E-state index is 0.363. The highest BCUT2D eigenvalue weighted by atomic mass is 16.5. The molecule has 0 radical (unpaired) electrons. The number of carboxylic acids is 1. The molecule has 0 unspecified atom stereocenters. The Balaban J connectivity index is 1.88. The third-order valence-corrected chi connectivity index (χ3v) is 5.39. The Morgan fingerprint density at radius 3 is 2.56 bits per heavy atom. The number of nitrogens with zero attached hydrogens (tertiary/aromatic N) is 1. The first-order valence-electron chi connectivity index (χ1n) is 9.23. The lowest BCUT2D eigenvalue weighted by Gasteiger charge is -2.21. The predicted molar refractivity (Wildman–Crippen MR) is 99.4 cm³/mol. The van der Waals surface area contributed by atoms with Crippen molar-refractivity contribution < 1.29 is 14.6 Å². The standard InChI is InChI=1S/C20H28N2O3/c1-22-18-12-15(25-2)10-11-16(18)17(19(22)20(23)24)13-21-14-8-6-4-3-5-7-9-14/h10-12,14,21H,3-9,13H2,1-2H3,(H,23,24). The topological polar surface area (TPSA) is 63.5 Å².